The Labute approximate surface area is 142 Å². The Morgan fingerprint density at radius 1 is 1.12 bits per heavy atom. The van der Waals surface area contributed by atoms with Crippen molar-refractivity contribution in [2.75, 3.05) is 11.3 Å². The molecule has 0 amide bonds. The summed E-state index contributed by atoms with van der Waals surface area (Å²) in [6, 6.07) is 8.97. The number of alkyl halides is 3. The van der Waals surface area contributed by atoms with Gasteiger partial charge in [-0.15, -0.1) is 0 Å². The summed E-state index contributed by atoms with van der Waals surface area (Å²) in [7, 11) is -4.32. The zero-order chi connectivity index (χ0) is 18.7. The monoisotopic (exact) mass is 373 g/mol. The summed E-state index contributed by atoms with van der Waals surface area (Å²) in [5, 5.41) is 0. The number of sulfonamides is 1. The summed E-state index contributed by atoms with van der Waals surface area (Å²) in [6.07, 6.45) is -4.67. The van der Waals surface area contributed by atoms with Crippen molar-refractivity contribution in [1.82, 2.24) is 0 Å². The van der Waals surface area contributed by atoms with Crippen LogP contribution in [0.5, 0.6) is 0 Å². The first kappa shape index (κ1) is 18.8. The molecule has 2 rings (SSSR count). The highest BCUT2D eigenvalue weighted by Gasteiger charge is 2.31. The predicted molar refractivity (Wildman–Crippen MR) is 84.7 cm³/mol. The van der Waals surface area contributed by atoms with Crippen molar-refractivity contribution in [3.8, 4) is 0 Å². The van der Waals surface area contributed by atoms with Gasteiger partial charge in [0.1, 0.15) is 0 Å². The third-order valence-corrected chi connectivity index (χ3v) is 4.50. The maximum absolute atomic E-state index is 12.8. The number of rotatable bonds is 5. The van der Waals surface area contributed by atoms with E-state index in [9.17, 15) is 26.4 Å². The lowest BCUT2D eigenvalue weighted by Crippen LogP contribution is -2.17. The van der Waals surface area contributed by atoms with Crippen LogP contribution in [0.1, 0.15) is 22.8 Å². The maximum Gasteiger partial charge on any atom is 0.416 e. The van der Waals surface area contributed by atoms with Crippen LogP contribution in [0.4, 0.5) is 18.9 Å². The van der Waals surface area contributed by atoms with Crippen LogP contribution in [-0.4, -0.2) is 21.0 Å². The minimum atomic E-state index is -4.67. The molecule has 0 atom stereocenters. The summed E-state index contributed by atoms with van der Waals surface area (Å²) >= 11 is 0. The van der Waals surface area contributed by atoms with Gasteiger partial charge in [-0.3, -0.25) is 4.72 Å². The number of carbonyl (C=O) groups is 1. The smallest absolute Gasteiger partial charge is 0.416 e. The molecule has 0 aliphatic rings. The van der Waals surface area contributed by atoms with Gasteiger partial charge in [0.2, 0.25) is 0 Å². The quantitative estimate of drug-likeness (QED) is 0.812. The molecule has 0 heterocycles. The summed E-state index contributed by atoms with van der Waals surface area (Å²) < 4.78 is 70.0. The fraction of sp³-hybridized carbons (Fsp3) is 0.188. The van der Waals surface area contributed by atoms with Gasteiger partial charge in [-0.1, -0.05) is 18.2 Å². The predicted octanol–water partition coefficient (Wildman–Crippen LogP) is 3.68. The van der Waals surface area contributed by atoms with Crippen LogP contribution >= 0.6 is 0 Å². The molecule has 0 aromatic heterocycles. The standard InChI is InChI=1S/C16H14F3NO4S/c1-2-24-15(21)13-8-3-4-9-14(13)20-25(22,23)12-7-5-6-11(10-12)16(17,18)19/h3-10,20H,2H2,1H3. The van der Waals surface area contributed by atoms with Gasteiger partial charge in [-0.05, 0) is 37.3 Å². The van der Waals surface area contributed by atoms with Gasteiger partial charge in [0, 0.05) is 0 Å². The Balaban J connectivity index is 2.39. The topological polar surface area (TPSA) is 72.5 Å². The molecular weight excluding hydrogens is 359 g/mol. The van der Waals surface area contributed by atoms with Crippen LogP contribution in [0.3, 0.4) is 0 Å². The van der Waals surface area contributed by atoms with Gasteiger partial charge in [0.25, 0.3) is 10.0 Å². The number of benzene rings is 2. The number of anilines is 1. The van der Waals surface area contributed by atoms with Crippen LogP contribution in [0.2, 0.25) is 0 Å². The van der Waals surface area contributed by atoms with Crippen molar-refractivity contribution < 1.29 is 31.1 Å². The van der Waals surface area contributed by atoms with Gasteiger partial charge in [-0.2, -0.15) is 13.2 Å². The van der Waals surface area contributed by atoms with E-state index in [-0.39, 0.29) is 17.9 Å². The summed E-state index contributed by atoms with van der Waals surface area (Å²) in [6.45, 7) is 1.68. The second-order valence-corrected chi connectivity index (χ2v) is 6.58. The highest BCUT2D eigenvalue weighted by atomic mass is 32.2. The lowest BCUT2D eigenvalue weighted by Gasteiger charge is -2.13. The molecule has 0 radical (unpaired) electrons. The minimum Gasteiger partial charge on any atom is -0.462 e. The SMILES string of the molecule is CCOC(=O)c1ccccc1NS(=O)(=O)c1cccc(C(F)(F)F)c1. The van der Waals surface area contributed by atoms with Crippen LogP contribution in [0, 0.1) is 0 Å². The number of hydrogen-bond acceptors (Lipinski definition) is 4. The first-order chi connectivity index (χ1) is 11.6. The fourth-order valence-electron chi connectivity index (χ4n) is 2.00. The lowest BCUT2D eigenvalue weighted by molar-refractivity contribution is -0.137. The molecular formula is C16H14F3NO4S. The second kappa shape index (κ2) is 7.14. The number of nitrogens with one attached hydrogen (secondary N) is 1. The van der Waals surface area contributed by atoms with E-state index in [4.69, 9.17) is 4.74 Å². The number of halogens is 3. The van der Waals surface area contributed by atoms with Gasteiger partial charge in [0.15, 0.2) is 0 Å². The summed E-state index contributed by atoms with van der Waals surface area (Å²) in [4.78, 5) is 11.3. The number of esters is 1. The lowest BCUT2D eigenvalue weighted by atomic mass is 10.2. The highest BCUT2D eigenvalue weighted by molar-refractivity contribution is 7.92. The zero-order valence-corrected chi connectivity index (χ0v) is 13.8. The Kier molecular flexibility index (Phi) is 5.36. The van der Waals surface area contributed by atoms with E-state index in [2.05, 4.69) is 4.72 Å². The van der Waals surface area contributed by atoms with Crippen LogP contribution in [0.25, 0.3) is 0 Å². The Bertz CT molecular complexity index is 879. The van der Waals surface area contributed by atoms with E-state index < -0.39 is 32.6 Å². The molecule has 0 bridgehead atoms. The largest absolute Gasteiger partial charge is 0.462 e. The van der Waals surface area contributed by atoms with E-state index in [1.54, 1.807) is 6.92 Å². The molecule has 2 aromatic rings. The molecule has 0 spiro atoms. The van der Waals surface area contributed by atoms with E-state index in [0.29, 0.717) is 6.07 Å². The summed E-state index contributed by atoms with van der Waals surface area (Å²) in [5.41, 5.74) is -1.22. The number of para-hydroxylation sites is 1. The second-order valence-electron chi connectivity index (χ2n) is 4.90. The van der Waals surface area contributed by atoms with Crippen LogP contribution < -0.4 is 4.72 Å². The molecule has 0 saturated carbocycles. The average Bonchev–Trinajstić information content (AvgIpc) is 2.54. The van der Waals surface area contributed by atoms with Crippen LogP contribution in [-0.2, 0) is 20.9 Å². The number of hydrogen-bond donors (Lipinski definition) is 1. The third kappa shape index (κ3) is 4.50. The van der Waals surface area contributed by atoms with E-state index in [1.165, 1.54) is 24.3 Å². The summed E-state index contributed by atoms with van der Waals surface area (Å²) in [5.74, 6) is -0.746. The van der Waals surface area contributed by atoms with Crippen molar-refractivity contribution in [1.29, 1.82) is 0 Å². The van der Waals surface area contributed by atoms with Crippen molar-refractivity contribution in [2.45, 2.75) is 18.0 Å². The molecule has 5 nitrogen and oxygen atoms in total. The van der Waals surface area contributed by atoms with Crippen molar-refractivity contribution >= 4 is 21.7 Å². The highest BCUT2D eigenvalue weighted by Crippen LogP contribution is 2.31. The molecule has 0 fully saturated rings. The maximum atomic E-state index is 12.8. The van der Waals surface area contributed by atoms with Gasteiger partial charge < -0.3 is 4.74 Å². The van der Waals surface area contributed by atoms with Gasteiger partial charge in [0.05, 0.1) is 28.3 Å². The molecule has 0 unspecified atom stereocenters. The number of ether oxygens (including phenoxy) is 1. The Hall–Kier alpha value is -2.55. The van der Waals surface area contributed by atoms with E-state index in [0.717, 1.165) is 18.2 Å². The third-order valence-electron chi connectivity index (χ3n) is 3.14. The zero-order valence-electron chi connectivity index (χ0n) is 13.0. The molecule has 0 saturated heterocycles. The first-order valence-corrected chi connectivity index (χ1v) is 8.59. The molecule has 25 heavy (non-hydrogen) atoms. The molecule has 2 aromatic carbocycles. The molecule has 0 aliphatic heterocycles. The van der Waals surface area contributed by atoms with Gasteiger partial charge in [-0.25, -0.2) is 13.2 Å². The number of carbonyl (C=O) groups excluding carboxylic acids is 1. The van der Waals surface area contributed by atoms with Crippen LogP contribution in [0.15, 0.2) is 53.4 Å². The molecule has 134 valence electrons. The average molecular weight is 373 g/mol. The van der Waals surface area contributed by atoms with E-state index in [1.807, 2.05) is 0 Å². The van der Waals surface area contributed by atoms with Crippen molar-refractivity contribution in [3.63, 3.8) is 0 Å². The van der Waals surface area contributed by atoms with E-state index >= 15 is 0 Å². The van der Waals surface area contributed by atoms with Crippen molar-refractivity contribution in [3.05, 3.63) is 59.7 Å². The molecule has 0 aliphatic carbocycles. The molecule has 1 N–H and O–H groups in total. The Morgan fingerprint density at radius 2 is 1.80 bits per heavy atom. The van der Waals surface area contributed by atoms with Gasteiger partial charge >= 0.3 is 12.1 Å². The Morgan fingerprint density at radius 3 is 2.44 bits per heavy atom. The van der Waals surface area contributed by atoms with Crippen molar-refractivity contribution in [2.24, 2.45) is 0 Å². The molecule has 9 heteroatoms. The normalized spacial score (nSPS) is 11.8. The minimum absolute atomic E-state index is 0.0418. The fourth-order valence-corrected chi connectivity index (χ4v) is 3.13. The first-order valence-electron chi connectivity index (χ1n) is 7.11.